The zero-order valence-corrected chi connectivity index (χ0v) is 13.9. The number of rotatable bonds is 8. The normalized spacial score (nSPS) is 10.9. The minimum absolute atomic E-state index is 0.203. The fraction of sp³-hybridized carbons (Fsp3) is 0.235. The molecule has 0 aliphatic rings. The van der Waals surface area contributed by atoms with Crippen molar-refractivity contribution in [1.29, 1.82) is 0 Å². The highest BCUT2D eigenvalue weighted by molar-refractivity contribution is 7.99. The van der Waals surface area contributed by atoms with E-state index in [2.05, 4.69) is 20.8 Å². The van der Waals surface area contributed by atoms with Crippen LogP contribution in [0.3, 0.4) is 0 Å². The highest BCUT2D eigenvalue weighted by atomic mass is 32.2. The number of tetrazole rings is 1. The first-order valence-electron chi connectivity index (χ1n) is 7.75. The Labute approximate surface area is 144 Å². The maximum absolute atomic E-state index is 12.8. The molecule has 7 heteroatoms. The van der Waals surface area contributed by atoms with Crippen LogP contribution in [0.25, 0.3) is 5.69 Å². The second kappa shape index (κ2) is 8.56. The van der Waals surface area contributed by atoms with E-state index in [-0.39, 0.29) is 5.82 Å². The van der Waals surface area contributed by atoms with Crippen LogP contribution in [0.1, 0.15) is 12.0 Å². The molecule has 1 heterocycles. The van der Waals surface area contributed by atoms with Gasteiger partial charge in [-0.25, -0.2) is 4.39 Å². The molecule has 1 aromatic heterocycles. The zero-order valence-electron chi connectivity index (χ0n) is 13.1. The van der Waals surface area contributed by atoms with Crippen molar-refractivity contribution in [2.24, 2.45) is 0 Å². The second-order valence-corrected chi connectivity index (χ2v) is 6.28. The van der Waals surface area contributed by atoms with Crippen molar-refractivity contribution >= 4 is 11.8 Å². The van der Waals surface area contributed by atoms with Crippen LogP contribution >= 0.6 is 11.8 Å². The Morgan fingerprint density at radius 1 is 1.04 bits per heavy atom. The summed E-state index contributed by atoms with van der Waals surface area (Å²) in [7, 11) is 0. The van der Waals surface area contributed by atoms with Crippen molar-refractivity contribution < 1.29 is 4.39 Å². The summed E-state index contributed by atoms with van der Waals surface area (Å²) in [5.41, 5.74) is 2.04. The molecule has 0 fully saturated rings. The summed E-state index contributed by atoms with van der Waals surface area (Å²) in [6, 6.07) is 16.4. The molecule has 0 spiro atoms. The van der Waals surface area contributed by atoms with Crippen LogP contribution in [0.15, 0.2) is 59.8 Å². The van der Waals surface area contributed by atoms with Crippen LogP contribution in [-0.2, 0) is 6.54 Å². The first-order chi connectivity index (χ1) is 11.8. The van der Waals surface area contributed by atoms with Crippen molar-refractivity contribution in [2.75, 3.05) is 12.3 Å². The Balaban J connectivity index is 1.40. The lowest BCUT2D eigenvalue weighted by Gasteiger charge is -2.06. The summed E-state index contributed by atoms with van der Waals surface area (Å²) in [5.74, 6) is 0.718. The predicted octanol–water partition coefficient (Wildman–Crippen LogP) is 3.07. The van der Waals surface area contributed by atoms with Gasteiger partial charge >= 0.3 is 0 Å². The monoisotopic (exact) mass is 343 g/mol. The topological polar surface area (TPSA) is 55.6 Å². The number of aromatic nitrogens is 4. The van der Waals surface area contributed by atoms with E-state index in [1.54, 1.807) is 28.6 Å². The Morgan fingerprint density at radius 3 is 2.62 bits per heavy atom. The molecule has 3 rings (SSSR count). The van der Waals surface area contributed by atoms with Crippen LogP contribution < -0.4 is 5.32 Å². The van der Waals surface area contributed by atoms with Gasteiger partial charge in [0.05, 0.1) is 5.69 Å². The van der Waals surface area contributed by atoms with E-state index in [1.807, 2.05) is 30.3 Å². The molecule has 1 N–H and O–H groups in total. The highest BCUT2D eigenvalue weighted by Crippen LogP contribution is 2.18. The van der Waals surface area contributed by atoms with Gasteiger partial charge in [0.1, 0.15) is 5.82 Å². The molecular weight excluding hydrogens is 325 g/mol. The number of halogens is 1. The van der Waals surface area contributed by atoms with Crippen molar-refractivity contribution in [3.8, 4) is 5.69 Å². The van der Waals surface area contributed by atoms with Gasteiger partial charge in [-0.2, -0.15) is 4.68 Å². The maximum atomic E-state index is 12.8. The van der Waals surface area contributed by atoms with Gasteiger partial charge in [0.2, 0.25) is 5.16 Å². The van der Waals surface area contributed by atoms with Crippen LogP contribution in [0.4, 0.5) is 4.39 Å². The van der Waals surface area contributed by atoms with Gasteiger partial charge in [-0.15, -0.1) is 5.10 Å². The minimum atomic E-state index is -0.203. The molecule has 2 aromatic carbocycles. The van der Waals surface area contributed by atoms with E-state index >= 15 is 0 Å². The molecular formula is C17H18FN5S. The van der Waals surface area contributed by atoms with Crippen LogP contribution in [0, 0.1) is 5.82 Å². The standard InChI is InChI=1S/C17H18FN5S/c18-15-9-7-14(8-10-15)13-19-11-4-12-24-17-20-21-22-23(17)16-5-2-1-3-6-16/h1-3,5-10,19H,4,11-13H2. The van der Waals surface area contributed by atoms with Crippen molar-refractivity contribution in [1.82, 2.24) is 25.5 Å². The Bertz CT molecular complexity index is 745. The number of nitrogens with one attached hydrogen (secondary N) is 1. The summed E-state index contributed by atoms with van der Waals surface area (Å²) in [6.45, 7) is 1.63. The van der Waals surface area contributed by atoms with Gasteiger partial charge in [-0.3, -0.25) is 0 Å². The lowest BCUT2D eigenvalue weighted by atomic mass is 10.2. The van der Waals surface area contributed by atoms with E-state index in [4.69, 9.17) is 0 Å². The number of hydrogen-bond donors (Lipinski definition) is 1. The van der Waals surface area contributed by atoms with Crippen molar-refractivity contribution in [2.45, 2.75) is 18.1 Å². The van der Waals surface area contributed by atoms with Gasteiger partial charge in [0.15, 0.2) is 0 Å². The molecule has 5 nitrogen and oxygen atoms in total. The zero-order chi connectivity index (χ0) is 16.6. The van der Waals surface area contributed by atoms with Gasteiger partial charge in [0.25, 0.3) is 0 Å². The van der Waals surface area contributed by atoms with E-state index < -0.39 is 0 Å². The predicted molar refractivity (Wildman–Crippen MR) is 92.6 cm³/mol. The first-order valence-corrected chi connectivity index (χ1v) is 8.73. The Hall–Kier alpha value is -2.25. The largest absolute Gasteiger partial charge is 0.313 e. The molecule has 0 atom stereocenters. The van der Waals surface area contributed by atoms with Crippen molar-refractivity contribution in [3.63, 3.8) is 0 Å². The average Bonchev–Trinajstić information content (AvgIpc) is 3.09. The number of para-hydroxylation sites is 1. The lowest BCUT2D eigenvalue weighted by Crippen LogP contribution is -2.15. The third-order valence-electron chi connectivity index (χ3n) is 3.41. The molecule has 0 amide bonds. The van der Waals surface area contributed by atoms with E-state index in [0.717, 1.165) is 41.7 Å². The first kappa shape index (κ1) is 16.6. The number of nitrogens with zero attached hydrogens (tertiary/aromatic N) is 4. The summed E-state index contributed by atoms with van der Waals surface area (Å²) < 4.78 is 14.6. The van der Waals surface area contributed by atoms with Gasteiger partial charge in [-0.05, 0) is 53.2 Å². The molecule has 0 saturated carbocycles. The van der Waals surface area contributed by atoms with E-state index in [1.165, 1.54) is 12.1 Å². The molecule has 0 aliphatic heterocycles. The third kappa shape index (κ3) is 4.62. The Kier molecular flexibility index (Phi) is 5.92. The van der Waals surface area contributed by atoms with E-state index in [0.29, 0.717) is 0 Å². The lowest BCUT2D eigenvalue weighted by molar-refractivity contribution is 0.624. The summed E-state index contributed by atoms with van der Waals surface area (Å²) in [5, 5.41) is 16.0. The quantitative estimate of drug-likeness (QED) is 0.503. The van der Waals surface area contributed by atoms with Crippen LogP contribution in [0.2, 0.25) is 0 Å². The number of benzene rings is 2. The SMILES string of the molecule is Fc1ccc(CNCCCSc2nnnn2-c2ccccc2)cc1. The molecule has 0 saturated heterocycles. The second-order valence-electron chi connectivity index (χ2n) is 5.21. The Morgan fingerprint density at radius 2 is 1.83 bits per heavy atom. The van der Waals surface area contributed by atoms with Crippen LogP contribution in [0.5, 0.6) is 0 Å². The van der Waals surface area contributed by atoms with E-state index in [9.17, 15) is 4.39 Å². The molecule has 0 aliphatic carbocycles. The number of hydrogen-bond acceptors (Lipinski definition) is 5. The molecule has 0 bridgehead atoms. The van der Waals surface area contributed by atoms with Gasteiger partial charge in [-0.1, -0.05) is 42.1 Å². The molecule has 124 valence electrons. The third-order valence-corrected chi connectivity index (χ3v) is 4.42. The van der Waals surface area contributed by atoms with Crippen molar-refractivity contribution in [3.05, 3.63) is 66.0 Å². The molecule has 0 radical (unpaired) electrons. The summed E-state index contributed by atoms with van der Waals surface area (Å²) >= 11 is 1.63. The number of thioether (sulfide) groups is 1. The molecule has 3 aromatic rings. The minimum Gasteiger partial charge on any atom is -0.313 e. The fourth-order valence-corrected chi connectivity index (χ4v) is 3.03. The van der Waals surface area contributed by atoms with Crippen LogP contribution in [-0.4, -0.2) is 32.5 Å². The maximum Gasteiger partial charge on any atom is 0.214 e. The smallest absolute Gasteiger partial charge is 0.214 e. The van der Waals surface area contributed by atoms with Gasteiger partial charge in [0, 0.05) is 12.3 Å². The summed E-state index contributed by atoms with van der Waals surface area (Å²) in [4.78, 5) is 0. The molecule has 0 unspecified atom stereocenters. The summed E-state index contributed by atoms with van der Waals surface area (Å²) in [6.07, 6.45) is 0.994. The van der Waals surface area contributed by atoms with Gasteiger partial charge < -0.3 is 5.32 Å². The fourth-order valence-electron chi connectivity index (χ4n) is 2.20. The average molecular weight is 343 g/mol. The highest BCUT2D eigenvalue weighted by Gasteiger charge is 2.07. The molecule has 24 heavy (non-hydrogen) atoms.